The van der Waals surface area contributed by atoms with Gasteiger partial charge in [-0.3, -0.25) is 0 Å². The van der Waals surface area contributed by atoms with Crippen LogP contribution in [0.2, 0.25) is 0 Å². The first-order chi connectivity index (χ1) is 8.91. The maximum Gasteiger partial charge on any atom is 0.417 e. The summed E-state index contributed by atoms with van der Waals surface area (Å²) in [6.45, 7) is 0.216. The summed E-state index contributed by atoms with van der Waals surface area (Å²) in [6.07, 6.45) is -3.17. The maximum atomic E-state index is 12.7. The second kappa shape index (κ2) is 5.10. The lowest BCUT2D eigenvalue weighted by atomic mass is 10.1. The van der Waals surface area contributed by atoms with Gasteiger partial charge in [0.15, 0.2) is 0 Å². The topological polar surface area (TPSA) is 56.0 Å². The molecule has 6 heteroatoms. The molecule has 1 aliphatic carbocycles. The molecule has 0 radical (unpaired) electrons. The highest BCUT2D eigenvalue weighted by atomic mass is 19.4. The zero-order valence-electron chi connectivity index (χ0n) is 10.0. The molecule has 2 rings (SSSR count). The molecule has 102 valence electrons. The number of hydrogen-bond acceptors (Lipinski definition) is 3. The normalized spacial score (nSPS) is 16.8. The van der Waals surface area contributed by atoms with Crippen LogP contribution in [0, 0.1) is 17.2 Å². The van der Waals surface area contributed by atoms with Crippen LogP contribution in [0.4, 0.5) is 18.9 Å². The van der Waals surface area contributed by atoms with Gasteiger partial charge in [0.2, 0.25) is 0 Å². The minimum absolute atomic E-state index is 0.216. The van der Waals surface area contributed by atoms with E-state index in [-0.39, 0.29) is 18.2 Å². The molecule has 0 heterocycles. The van der Waals surface area contributed by atoms with Crippen LogP contribution in [0.25, 0.3) is 0 Å². The van der Waals surface area contributed by atoms with E-state index in [4.69, 9.17) is 5.26 Å². The lowest BCUT2D eigenvalue weighted by Gasteiger charge is -2.14. The van der Waals surface area contributed by atoms with Crippen LogP contribution in [0.3, 0.4) is 0 Å². The Morgan fingerprint density at radius 3 is 2.63 bits per heavy atom. The fourth-order valence-corrected chi connectivity index (χ4v) is 1.86. The van der Waals surface area contributed by atoms with Crippen molar-refractivity contribution in [3.05, 3.63) is 29.3 Å². The SMILES string of the molecule is N#Cc1ccc(NCC(O)C2CC2)cc1C(F)(F)F. The average Bonchev–Trinajstić information content (AvgIpc) is 3.18. The van der Waals surface area contributed by atoms with Crippen molar-refractivity contribution >= 4 is 5.69 Å². The first-order valence-corrected chi connectivity index (χ1v) is 5.95. The van der Waals surface area contributed by atoms with E-state index in [0.29, 0.717) is 0 Å². The van der Waals surface area contributed by atoms with Crippen molar-refractivity contribution in [3.63, 3.8) is 0 Å². The van der Waals surface area contributed by atoms with Crippen LogP contribution in [0.15, 0.2) is 18.2 Å². The number of anilines is 1. The van der Waals surface area contributed by atoms with Crippen molar-refractivity contribution in [2.75, 3.05) is 11.9 Å². The first kappa shape index (κ1) is 13.7. The Morgan fingerprint density at radius 2 is 2.11 bits per heavy atom. The van der Waals surface area contributed by atoms with Crippen molar-refractivity contribution < 1.29 is 18.3 Å². The number of nitrogens with one attached hydrogen (secondary N) is 1. The number of nitrogens with zero attached hydrogens (tertiary/aromatic N) is 1. The van der Waals surface area contributed by atoms with E-state index < -0.39 is 23.4 Å². The smallest absolute Gasteiger partial charge is 0.391 e. The van der Waals surface area contributed by atoms with Crippen molar-refractivity contribution in [2.45, 2.75) is 25.1 Å². The van der Waals surface area contributed by atoms with Crippen LogP contribution in [-0.2, 0) is 6.18 Å². The van der Waals surface area contributed by atoms with Gasteiger partial charge in [-0.05, 0) is 37.0 Å². The van der Waals surface area contributed by atoms with Gasteiger partial charge in [-0.1, -0.05) is 0 Å². The summed E-state index contributed by atoms with van der Waals surface area (Å²) >= 11 is 0. The highest BCUT2D eigenvalue weighted by molar-refractivity contribution is 5.53. The molecule has 19 heavy (non-hydrogen) atoms. The monoisotopic (exact) mass is 270 g/mol. The molecular formula is C13H13F3N2O. The van der Waals surface area contributed by atoms with Gasteiger partial charge in [-0.15, -0.1) is 0 Å². The summed E-state index contributed by atoms with van der Waals surface area (Å²) in [5.74, 6) is 0.257. The molecule has 0 spiro atoms. The van der Waals surface area contributed by atoms with Crippen molar-refractivity contribution in [1.82, 2.24) is 0 Å². The molecule has 1 aromatic carbocycles. The van der Waals surface area contributed by atoms with Gasteiger partial charge in [0.05, 0.1) is 23.3 Å². The standard InChI is InChI=1S/C13H13F3N2O/c14-13(15,16)11-5-10(4-3-9(11)6-17)18-7-12(19)8-1-2-8/h3-5,8,12,18-19H,1-2,7H2. The summed E-state index contributed by atoms with van der Waals surface area (Å²) in [6, 6.07) is 4.97. The second-order valence-electron chi connectivity index (χ2n) is 4.66. The Hall–Kier alpha value is -1.74. The molecule has 1 saturated carbocycles. The number of benzene rings is 1. The molecule has 1 aliphatic rings. The van der Waals surface area contributed by atoms with Gasteiger partial charge in [-0.25, -0.2) is 0 Å². The van der Waals surface area contributed by atoms with E-state index in [9.17, 15) is 18.3 Å². The lowest BCUT2D eigenvalue weighted by Crippen LogP contribution is -2.21. The third kappa shape index (κ3) is 3.38. The van der Waals surface area contributed by atoms with Crippen LogP contribution in [0.5, 0.6) is 0 Å². The molecule has 0 bridgehead atoms. The van der Waals surface area contributed by atoms with E-state index in [2.05, 4.69) is 5.32 Å². The van der Waals surface area contributed by atoms with E-state index in [1.807, 2.05) is 0 Å². The van der Waals surface area contributed by atoms with Gasteiger partial charge in [0.1, 0.15) is 0 Å². The summed E-state index contributed by atoms with van der Waals surface area (Å²) in [7, 11) is 0. The fraction of sp³-hybridized carbons (Fsp3) is 0.462. The molecule has 2 N–H and O–H groups in total. The van der Waals surface area contributed by atoms with Crippen LogP contribution < -0.4 is 5.32 Å². The molecule has 0 aromatic heterocycles. The van der Waals surface area contributed by atoms with Gasteiger partial charge in [-0.2, -0.15) is 18.4 Å². The van der Waals surface area contributed by atoms with Gasteiger partial charge >= 0.3 is 6.18 Å². The van der Waals surface area contributed by atoms with Crippen LogP contribution in [-0.4, -0.2) is 17.8 Å². The summed E-state index contributed by atoms with van der Waals surface area (Å²) in [5.41, 5.74) is -1.10. The summed E-state index contributed by atoms with van der Waals surface area (Å²) in [5, 5.41) is 21.1. The molecule has 0 aliphatic heterocycles. The quantitative estimate of drug-likeness (QED) is 0.884. The predicted octanol–water partition coefficient (Wildman–Crippen LogP) is 2.76. The van der Waals surface area contributed by atoms with E-state index in [0.717, 1.165) is 25.0 Å². The molecular weight excluding hydrogens is 257 g/mol. The largest absolute Gasteiger partial charge is 0.417 e. The minimum Gasteiger partial charge on any atom is -0.391 e. The Balaban J connectivity index is 2.11. The average molecular weight is 270 g/mol. The molecule has 1 unspecified atom stereocenters. The van der Waals surface area contributed by atoms with E-state index in [1.165, 1.54) is 12.1 Å². The van der Waals surface area contributed by atoms with Gasteiger partial charge in [0, 0.05) is 12.2 Å². The first-order valence-electron chi connectivity index (χ1n) is 5.95. The lowest BCUT2D eigenvalue weighted by molar-refractivity contribution is -0.137. The molecule has 3 nitrogen and oxygen atoms in total. The van der Waals surface area contributed by atoms with E-state index in [1.54, 1.807) is 0 Å². The highest BCUT2D eigenvalue weighted by Crippen LogP contribution is 2.34. The summed E-state index contributed by atoms with van der Waals surface area (Å²) in [4.78, 5) is 0. The number of aliphatic hydroxyl groups is 1. The molecule has 0 saturated heterocycles. The molecule has 1 atom stereocenters. The Labute approximate surface area is 108 Å². The number of nitriles is 1. The third-order valence-electron chi connectivity index (χ3n) is 3.13. The number of aliphatic hydroxyl groups excluding tert-OH is 1. The van der Waals surface area contributed by atoms with Crippen molar-refractivity contribution in [1.29, 1.82) is 5.26 Å². The maximum absolute atomic E-state index is 12.7. The number of hydrogen-bond donors (Lipinski definition) is 2. The zero-order valence-corrected chi connectivity index (χ0v) is 10.0. The minimum atomic E-state index is -4.56. The van der Waals surface area contributed by atoms with Crippen molar-refractivity contribution in [2.24, 2.45) is 5.92 Å². The number of alkyl halides is 3. The van der Waals surface area contributed by atoms with Gasteiger partial charge < -0.3 is 10.4 Å². The zero-order chi connectivity index (χ0) is 14.0. The summed E-state index contributed by atoms with van der Waals surface area (Å²) < 4.78 is 38.2. The Kier molecular flexibility index (Phi) is 3.67. The molecule has 1 fully saturated rings. The highest BCUT2D eigenvalue weighted by Gasteiger charge is 2.34. The Bertz CT molecular complexity index is 504. The molecule has 1 aromatic rings. The predicted molar refractivity (Wildman–Crippen MR) is 63.4 cm³/mol. The van der Waals surface area contributed by atoms with Crippen LogP contribution >= 0.6 is 0 Å². The second-order valence-corrected chi connectivity index (χ2v) is 4.66. The van der Waals surface area contributed by atoms with Crippen LogP contribution in [0.1, 0.15) is 24.0 Å². The molecule has 0 amide bonds. The number of halogens is 3. The Morgan fingerprint density at radius 1 is 1.42 bits per heavy atom. The fourth-order valence-electron chi connectivity index (χ4n) is 1.86. The number of rotatable bonds is 4. The third-order valence-corrected chi connectivity index (χ3v) is 3.13. The van der Waals surface area contributed by atoms with Crippen molar-refractivity contribution in [3.8, 4) is 6.07 Å². The van der Waals surface area contributed by atoms with E-state index >= 15 is 0 Å². The van der Waals surface area contributed by atoms with Gasteiger partial charge in [0.25, 0.3) is 0 Å².